The fourth-order valence-electron chi connectivity index (χ4n) is 2.57. The van der Waals surface area contributed by atoms with Gasteiger partial charge in [0, 0.05) is 0 Å². The summed E-state index contributed by atoms with van der Waals surface area (Å²) in [5, 5.41) is 12.8. The van der Waals surface area contributed by atoms with Gasteiger partial charge in [-0.15, -0.1) is 0 Å². The molecule has 152 valence electrons. The van der Waals surface area contributed by atoms with E-state index in [-0.39, 0.29) is 23.7 Å². The zero-order valence-corrected chi connectivity index (χ0v) is 15.9. The first-order chi connectivity index (χ1) is 14.5. The smallest absolute Gasteiger partial charge is 0.335 e. The Morgan fingerprint density at radius 1 is 0.933 bits per heavy atom. The molecule has 7 heteroatoms. The van der Waals surface area contributed by atoms with E-state index in [1.54, 1.807) is 48.5 Å². The van der Waals surface area contributed by atoms with Gasteiger partial charge in [-0.1, -0.05) is 24.3 Å². The predicted molar refractivity (Wildman–Crippen MR) is 110 cm³/mol. The minimum absolute atomic E-state index is 0.109. The van der Waals surface area contributed by atoms with Gasteiger partial charge in [0.05, 0.1) is 18.2 Å². The Balaban J connectivity index is 1.46. The Morgan fingerprint density at radius 3 is 2.20 bits per heavy atom. The second kappa shape index (κ2) is 9.97. The molecular weight excluding hydrogens is 387 g/mol. The Hall–Kier alpha value is -4.00. The van der Waals surface area contributed by atoms with Crippen LogP contribution in [0.3, 0.4) is 0 Å². The topological polar surface area (TPSA) is 88.0 Å². The largest absolute Gasteiger partial charge is 0.489 e. The van der Waals surface area contributed by atoms with E-state index in [4.69, 9.17) is 9.84 Å². The van der Waals surface area contributed by atoms with Crippen LogP contribution in [-0.2, 0) is 17.8 Å². The maximum Gasteiger partial charge on any atom is 0.335 e. The predicted octanol–water partition coefficient (Wildman–Crippen LogP) is 3.80. The highest BCUT2D eigenvalue weighted by Gasteiger charge is 2.03. The third-order valence-corrected chi connectivity index (χ3v) is 4.17. The third kappa shape index (κ3) is 6.27. The Kier molecular flexibility index (Phi) is 6.89. The van der Waals surface area contributed by atoms with Crippen LogP contribution in [0.4, 0.5) is 4.39 Å². The molecule has 0 atom stereocenters. The lowest BCUT2D eigenvalue weighted by atomic mass is 10.1. The molecular formula is C23H19FN2O4. The van der Waals surface area contributed by atoms with Crippen LogP contribution in [0.2, 0.25) is 0 Å². The molecule has 0 aliphatic rings. The molecule has 0 aliphatic heterocycles. The normalized spacial score (nSPS) is 10.7. The number of amides is 1. The lowest BCUT2D eigenvalue weighted by Crippen LogP contribution is -2.19. The molecule has 0 saturated carbocycles. The summed E-state index contributed by atoms with van der Waals surface area (Å²) in [7, 11) is 0. The quantitative estimate of drug-likeness (QED) is 0.440. The van der Waals surface area contributed by atoms with Crippen LogP contribution >= 0.6 is 0 Å². The molecule has 0 unspecified atom stereocenters. The van der Waals surface area contributed by atoms with E-state index in [1.807, 2.05) is 0 Å². The fraction of sp³-hybridized carbons (Fsp3) is 0.0870. The third-order valence-electron chi connectivity index (χ3n) is 4.17. The minimum Gasteiger partial charge on any atom is -0.489 e. The van der Waals surface area contributed by atoms with Crippen molar-refractivity contribution >= 4 is 18.1 Å². The van der Waals surface area contributed by atoms with Gasteiger partial charge in [-0.2, -0.15) is 5.10 Å². The van der Waals surface area contributed by atoms with Crippen molar-refractivity contribution in [2.45, 2.75) is 13.0 Å². The van der Waals surface area contributed by atoms with Gasteiger partial charge in [-0.3, -0.25) is 4.79 Å². The number of hydrogen-bond donors (Lipinski definition) is 2. The zero-order chi connectivity index (χ0) is 21.3. The SMILES string of the molecule is O=C(Cc1ccc(F)cc1)N/N=C/c1ccc(OCc2ccc(C(=O)O)cc2)cc1. The number of carbonyl (C=O) groups excluding carboxylic acids is 1. The number of rotatable bonds is 8. The molecule has 6 nitrogen and oxygen atoms in total. The summed E-state index contributed by atoms with van der Waals surface area (Å²) in [5.74, 6) is -0.964. The molecule has 0 spiro atoms. The summed E-state index contributed by atoms with van der Waals surface area (Å²) in [4.78, 5) is 22.7. The van der Waals surface area contributed by atoms with Crippen LogP contribution in [0.1, 0.15) is 27.0 Å². The van der Waals surface area contributed by atoms with Crippen LogP contribution in [0.5, 0.6) is 5.75 Å². The van der Waals surface area contributed by atoms with Gasteiger partial charge >= 0.3 is 5.97 Å². The van der Waals surface area contributed by atoms with E-state index in [0.717, 1.165) is 11.1 Å². The molecule has 30 heavy (non-hydrogen) atoms. The van der Waals surface area contributed by atoms with Gasteiger partial charge in [0.2, 0.25) is 5.91 Å². The molecule has 0 aromatic heterocycles. The number of benzene rings is 3. The van der Waals surface area contributed by atoms with Gasteiger partial charge in [-0.25, -0.2) is 14.6 Å². The molecule has 3 aromatic carbocycles. The fourth-order valence-corrected chi connectivity index (χ4v) is 2.57. The van der Waals surface area contributed by atoms with Crippen molar-refractivity contribution < 1.29 is 23.8 Å². The highest BCUT2D eigenvalue weighted by atomic mass is 19.1. The van der Waals surface area contributed by atoms with Crippen molar-refractivity contribution in [1.29, 1.82) is 0 Å². The van der Waals surface area contributed by atoms with Crippen LogP contribution < -0.4 is 10.2 Å². The second-order valence-corrected chi connectivity index (χ2v) is 6.46. The monoisotopic (exact) mass is 406 g/mol. The first kappa shape index (κ1) is 20.7. The van der Waals surface area contributed by atoms with Crippen molar-refractivity contribution in [2.24, 2.45) is 5.10 Å². The number of ether oxygens (including phenoxy) is 1. The van der Waals surface area contributed by atoms with E-state index >= 15 is 0 Å². The number of aromatic carboxylic acids is 1. The molecule has 3 rings (SSSR count). The maximum atomic E-state index is 12.9. The van der Waals surface area contributed by atoms with Crippen LogP contribution in [-0.4, -0.2) is 23.2 Å². The van der Waals surface area contributed by atoms with Gasteiger partial charge in [0.1, 0.15) is 18.2 Å². The Labute approximate surface area is 172 Å². The van der Waals surface area contributed by atoms with E-state index in [9.17, 15) is 14.0 Å². The lowest BCUT2D eigenvalue weighted by Gasteiger charge is -2.07. The number of carboxylic acids is 1. The summed E-state index contributed by atoms with van der Waals surface area (Å²) >= 11 is 0. The molecule has 0 heterocycles. The van der Waals surface area contributed by atoms with Gasteiger partial charge in [-0.05, 0) is 65.2 Å². The molecule has 3 aromatic rings. The highest BCUT2D eigenvalue weighted by molar-refractivity contribution is 5.87. The van der Waals surface area contributed by atoms with E-state index in [1.165, 1.54) is 30.5 Å². The number of carbonyl (C=O) groups is 2. The van der Waals surface area contributed by atoms with E-state index < -0.39 is 5.97 Å². The number of hydrogen-bond acceptors (Lipinski definition) is 4. The van der Waals surface area contributed by atoms with Crippen molar-refractivity contribution in [2.75, 3.05) is 0 Å². The minimum atomic E-state index is -0.966. The van der Waals surface area contributed by atoms with Crippen molar-refractivity contribution in [1.82, 2.24) is 5.43 Å². The average molecular weight is 406 g/mol. The number of nitrogens with zero attached hydrogens (tertiary/aromatic N) is 1. The number of hydrazone groups is 1. The molecule has 0 saturated heterocycles. The van der Waals surface area contributed by atoms with Crippen molar-refractivity contribution in [3.8, 4) is 5.75 Å². The number of halogens is 1. The second-order valence-electron chi connectivity index (χ2n) is 6.46. The molecule has 0 aliphatic carbocycles. The molecule has 2 N–H and O–H groups in total. The summed E-state index contributed by atoms with van der Waals surface area (Å²) < 4.78 is 18.5. The molecule has 1 amide bonds. The first-order valence-corrected chi connectivity index (χ1v) is 9.11. The van der Waals surface area contributed by atoms with Crippen LogP contribution in [0.25, 0.3) is 0 Å². The number of carboxylic acid groups (broad SMARTS) is 1. The van der Waals surface area contributed by atoms with Crippen molar-refractivity contribution in [3.63, 3.8) is 0 Å². The average Bonchev–Trinajstić information content (AvgIpc) is 2.75. The maximum absolute atomic E-state index is 12.9. The molecule has 0 radical (unpaired) electrons. The summed E-state index contributed by atoms with van der Waals surface area (Å²) in [5.41, 5.74) is 4.99. The first-order valence-electron chi connectivity index (χ1n) is 9.11. The van der Waals surface area contributed by atoms with Crippen molar-refractivity contribution in [3.05, 3.63) is 101 Å². The standard InChI is InChI=1S/C23H19FN2O4/c24-20-9-3-16(4-10-20)13-22(27)26-25-14-17-5-11-21(12-6-17)30-15-18-1-7-19(8-2-18)23(28)29/h1-12,14H,13,15H2,(H,26,27)(H,28,29)/b25-14+. The highest BCUT2D eigenvalue weighted by Crippen LogP contribution is 2.14. The Morgan fingerprint density at radius 2 is 1.57 bits per heavy atom. The zero-order valence-electron chi connectivity index (χ0n) is 15.9. The summed E-state index contributed by atoms with van der Waals surface area (Å²) in [6.07, 6.45) is 1.62. The number of nitrogens with one attached hydrogen (secondary N) is 1. The lowest BCUT2D eigenvalue weighted by molar-refractivity contribution is -0.120. The van der Waals surface area contributed by atoms with E-state index in [0.29, 0.717) is 17.9 Å². The van der Waals surface area contributed by atoms with Crippen LogP contribution in [0.15, 0.2) is 77.9 Å². The van der Waals surface area contributed by atoms with Crippen LogP contribution in [0, 0.1) is 5.82 Å². The van der Waals surface area contributed by atoms with Gasteiger partial charge in [0.25, 0.3) is 0 Å². The molecule has 0 bridgehead atoms. The Bertz CT molecular complexity index is 1030. The summed E-state index contributed by atoms with van der Waals surface area (Å²) in [6, 6.07) is 19.3. The van der Waals surface area contributed by atoms with Gasteiger partial charge in [0.15, 0.2) is 0 Å². The van der Waals surface area contributed by atoms with E-state index in [2.05, 4.69) is 10.5 Å². The summed E-state index contributed by atoms with van der Waals surface area (Å²) in [6.45, 7) is 0.312. The van der Waals surface area contributed by atoms with Gasteiger partial charge < -0.3 is 9.84 Å². The molecule has 0 fully saturated rings.